The Morgan fingerprint density at radius 2 is 2.36 bits per heavy atom. The second-order valence-corrected chi connectivity index (χ2v) is 5.65. The molecule has 2 amide bonds. The summed E-state index contributed by atoms with van der Waals surface area (Å²) < 4.78 is 1.63. The van der Waals surface area contributed by atoms with Gasteiger partial charge in [-0.15, -0.1) is 0 Å². The number of urea groups is 1. The van der Waals surface area contributed by atoms with E-state index in [-0.39, 0.29) is 12.1 Å². The topological polar surface area (TPSA) is 75.1 Å². The number of carbonyl (C=O) groups is 1. The van der Waals surface area contributed by atoms with E-state index in [1.165, 1.54) is 0 Å². The van der Waals surface area contributed by atoms with E-state index in [9.17, 15) is 4.79 Å². The molecule has 2 aromatic heterocycles. The molecule has 0 unspecified atom stereocenters. The minimum atomic E-state index is -0.230. The molecule has 7 nitrogen and oxygen atoms in total. The first-order valence-corrected chi connectivity index (χ1v) is 7.41. The van der Waals surface area contributed by atoms with Gasteiger partial charge in [0.05, 0.1) is 16.9 Å². The number of pyridine rings is 1. The van der Waals surface area contributed by atoms with E-state index >= 15 is 0 Å². The van der Waals surface area contributed by atoms with Crippen LogP contribution in [-0.4, -0.2) is 39.9 Å². The largest absolute Gasteiger partial charge is 0.353 e. The van der Waals surface area contributed by atoms with Crippen LogP contribution in [0.3, 0.4) is 0 Å². The third-order valence-electron chi connectivity index (χ3n) is 3.52. The molecule has 0 radical (unpaired) electrons. The Morgan fingerprint density at radius 3 is 3.09 bits per heavy atom. The predicted octanol–water partition coefficient (Wildman–Crippen LogP) is 1.87. The lowest BCUT2D eigenvalue weighted by atomic mass is 10.3. The summed E-state index contributed by atoms with van der Waals surface area (Å²) in [5.74, 6) is 0.765. The van der Waals surface area contributed by atoms with Crippen LogP contribution in [0.2, 0.25) is 5.02 Å². The highest BCUT2D eigenvalue weighted by molar-refractivity contribution is 6.32. The van der Waals surface area contributed by atoms with E-state index in [0.717, 1.165) is 18.8 Å². The van der Waals surface area contributed by atoms with Crippen molar-refractivity contribution in [1.82, 2.24) is 20.1 Å². The van der Waals surface area contributed by atoms with E-state index < -0.39 is 0 Å². The first-order valence-electron chi connectivity index (χ1n) is 7.03. The Labute approximate surface area is 133 Å². The highest BCUT2D eigenvalue weighted by Crippen LogP contribution is 2.25. The zero-order valence-electron chi connectivity index (χ0n) is 12.2. The van der Waals surface area contributed by atoms with E-state index in [1.807, 2.05) is 6.07 Å². The average molecular weight is 321 g/mol. The van der Waals surface area contributed by atoms with Gasteiger partial charge in [0.2, 0.25) is 0 Å². The van der Waals surface area contributed by atoms with Crippen LogP contribution < -0.4 is 15.5 Å². The van der Waals surface area contributed by atoms with Gasteiger partial charge >= 0.3 is 6.03 Å². The zero-order chi connectivity index (χ0) is 15.5. The highest BCUT2D eigenvalue weighted by Gasteiger charge is 2.26. The van der Waals surface area contributed by atoms with Crippen molar-refractivity contribution in [2.45, 2.75) is 12.5 Å². The Morgan fingerprint density at radius 1 is 1.50 bits per heavy atom. The monoisotopic (exact) mass is 320 g/mol. The molecule has 1 fully saturated rings. The number of nitrogens with zero attached hydrogens (tertiary/aromatic N) is 4. The van der Waals surface area contributed by atoms with Crippen LogP contribution in [0.15, 0.2) is 30.7 Å². The summed E-state index contributed by atoms with van der Waals surface area (Å²) in [7, 11) is 1.80. The Bertz CT molecular complexity index is 673. The molecule has 3 rings (SSSR count). The highest BCUT2D eigenvalue weighted by atomic mass is 35.5. The number of hydrogen-bond donors (Lipinski definition) is 2. The lowest BCUT2D eigenvalue weighted by Crippen LogP contribution is -2.39. The van der Waals surface area contributed by atoms with E-state index in [0.29, 0.717) is 17.3 Å². The van der Waals surface area contributed by atoms with E-state index in [2.05, 4.69) is 25.6 Å². The molecule has 8 heteroatoms. The number of anilines is 2. The molecule has 0 saturated carbocycles. The van der Waals surface area contributed by atoms with Crippen LogP contribution in [0.25, 0.3) is 0 Å². The molecule has 0 bridgehead atoms. The molecular weight excluding hydrogens is 304 g/mol. The zero-order valence-corrected chi connectivity index (χ0v) is 12.9. The number of aryl methyl sites for hydroxylation is 1. The van der Waals surface area contributed by atoms with Crippen molar-refractivity contribution in [3.05, 3.63) is 35.7 Å². The first-order chi connectivity index (χ1) is 10.6. The molecule has 1 atom stereocenters. The van der Waals surface area contributed by atoms with Crippen LogP contribution in [0.1, 0.15) is 6.42 Å². The maximum atomic E-state index is 12.0. The second kappa shape index (κ2) is 6.23. The fraction of sp³-hybridized carbons (Fsp3) is 0.357. The predicted molar refractivity (Wildman–Crippen MR) is 85.2 cm³/mol. The summed E-state index contributed by atoms with van der Waals surface area (Å²) in [5.41, 5.74) is 0.669. The summed E-state index contributed by atoms with van der Waals surface area (Å²) in [6.07, 6.45) is 5.92. The van der Waals surface area contributed by atoms with Gasteiger partial charge in [-0.2, -0.15) is 5.10 Å². The third kappa shape index (κ3) is 3.30. The van der Waals surface area contributed by atoms with Gasteiger partial charge in [0.25, 0.3) is 0 Å². The molecule has 2 aromatic rings. The summed E-state index contributed by atoms with van der Waals surface area (Å²) >= 11 is 6.15. The summed E-state index contributed by atoms with van der Waals surface area (Å²) in [5, 5.41) is 10.4. The third-order valence-corrected chi connectivity index (χ3v) is 3.82. The smallest absolute Gasteiger partial charge is 0.319 e. The molecule has 2 N–H and O–H groups in total. The van der Waals surface area contributed by atoms with Crippen molar-refractivity contribution >= 4 is 29.1 Å². The number of aromatic nitrogens is 3. The molecule has 116 valence electrons. The number of halogens is 1. The summed E-state index contributed by atoms with van der Waals surface area (Å²) in [6.45, 7) is 1.51. The number of amides is 2. The Hall–Kier alpha value is -2.28. The molecule has 0 spiro atoms. The standard InChI is InChI=1S/C14H17ClN6O/c1-20-8-11(7-17-20)19-14(22)18-10-4-6-21(9-10)13-12(15)3-2-5-16-13/h2-3,5,7-8,10H,4,6,9H2,1H3,(H2,18,19,22)/t10-/m0/s1. The van der Waals surface area contributed by atoms with Gasteiger partial charge in [0, 0.05) is 38.6 Å². The van der Waals surface area contributed by atoms with Crippen LogP contribution in [0.5, 0.6) is 0 Å². The molecule has 22 heavy (non-hydrogen) atoms. The van der Waals surface area contributed by atoms with Gasteiger partial charge in [0.1, 0.15) is 5.82 Å². The molecule has 0 aromatic carbocycles. The number of hydrogen-bond acceptors (Lipinski definition) is 4. The lowest BCUT2D eigenvalue weighted by Gasteiger charge is -2.18. The SMILES string of the molecule is Cn1cc(NC(=O)N[C@H]2CCN(c3ncccc3Cl)C2)cn1. The lowest BCUT2D eigenvalue weighted by molar-refractivity contribution is 0.249. The van der Waals surface area contributed by atoms with Crippen molar-refractivity contribution < 1.29 is 4.79 Å². The number of rotatable bonds is 3. The Balaban J connectivity index is 1.55. The molecule has 3 heterocycles. The molecule has 1 saturated heterocycles. The minimum absolute atomic E-state index is 0.0646. The van der Waals surface area contributed by atoms with Crippen LogP contribution in [0.4, 0.5) is 16.3 Å². The Kier molecular flexibility index (Phi) is 4.15. The van der Waals surface area contributed by atoms with Gasteiger partial charge in [-0.25, -0.2) is 9.78 Å². The fourth-order valence-electron chi connectivity index (χ4n) is 2.52. The quantitative estimate of drug-likeness (QED) is 0.905. The van der Waals surface area contributed by atoms with Crippen molar-refractivity contribution in [1.29, 1.82) is 0 Å². The van der Waals surface area contributed by atoms with Crippen molar-refractivity contribution in [2.75, 3.05) is 23.3 Å². The average Bonchev–Trinajstić information content (AvgIpc) is 3.09. The normalized spacial score (nSPS) is 17.5. The van der Waals surface area contributed by atoms with E-state index in [4.69, 9.17) is 11.6 Å². The van der Waals surface area contributed by atoms with Crippen molar-refractivity contribution in [3.63, 3.8) is 0 Å². The number of nitrogens with one attached hydrogen (secondary N) is 2. The maximum Gasteiger partial charge on any atom is 0.319 e. The minimum Gasteiger partial charge on any atom is -0.353 e. The second-order valence-electron chi connectivity index (χ2n) is 5.24. The van der Waals surface area contributed by atoms with Gasteiger partial charge in [-0.05, 0) is 18.6 Å². The van der Waals surface area contributed by atoms with Crippen LogP contribution in [-0.2, 0) is 7.05 Å². The number of carbonyl (C=O) groups excluding carboxylic acids is 1. The van der Waals surface area contributed by atoms with Gasteiger partial charge in [-0.3, -0.25) is 4.68 Å². The van der Waals surface area contributed by atoms with Crippen LogP contribution >= 0.6 is 11.6 Å². The first kappa shape index (κ1) is 14.6. The van der Waals surface area contributed by atoms with Crippen LogP contribution in [0, 0.1) is 0 Å². The van der Waals surface area contributed by atoms with Gasteiger partial charge in [-0.1, -0.05) is 11.6 Å². The van der Waals surface area contributed by atoms with Crippen molar-refractivity contribution in [3.8, 4) is 0 Å². The molecule has 1 aliphatic rings. The molecule has 1 aliphatic heterocycles. The van der Waals surface area contributed by atoms with Crippen molar-refractivity contribution in [2.24, 2.45) is 7.05 Å². The maximum absolute atomic E-state index is 12.0. The summed E-state index contributed by atoms with van der Waals surface area (Å²) in [4.78, 5) is 18.3. The fourth-order valence-corrected chi connectivity index (χ4v) is 2.76. The molecule has 0 aliphatic carbocycles. The van der Waals surface area contributed by atoms with Gasteiger partial charge in [0.15, 0.2) is 0 Å². The molecular formula is C14H17ClN6O. The van der Waals surface area contributed by atoms with Gasteiger partial charge < -0.3 is 15.5 Å². The van der Waals surface area contributed by atoms with E-state index in [1.54, 1.807) is 36.4 Å². The summed E-state index contributed by atoms with van der Waals surface area (Å²) in [6, 6.07) is 3.46.